The summed E-state index contributed by atoms with van der Waals surface area (Å²) >= 11 is 5.89. The van der Waals surface area contributed by atoms with Crippen molar-refractivity contribution in [3.05, 3.63) is 47.2 Å². The Hall–Kier alpha value is -1.35. The standard InChI is InChI=1S/C11H14ClN3/c1-9(7-8-14-15-13)10-3-2-4-11(12)6-5-10/h3-9H,2H2,1H3,(H2,13,14)/b8-7-. The van der Waals surface area contributed by atoms with E-state index < -0.39 is 0 Å². The van der Waals surface area contributed by atoms with Gasteiger partial charge in [-0.3, -0.25) is 0 Å². The van der Waals surface area contributed by atoms with Gasteiger partial charge in [-0.15, -0.1) is 5.11 Å². The molecule has 0 saturated heterocycles. The molecule has 0 bridgehead atoms. The highest BCUT2D eigenvalue weighted by molar-refractivity contribution is 6.31. The topological polar surface area (TPSA) is 50.7 Å². The molecule has 80 valence electrons. The molecule has 1 aliphatic carbocycles. The van der Waals surface area contributed by atoms with Gasteiger partial charge in [0.15, 0.2) is 0 Å². The van der Waals surface area contributed by atoms with Crippen molar-refractivity contribution < 1.29 is 0 Å². The van der Waals surface area contributed by atoms with Crippen LogP contribution in [0, 0.1) is 5.92 Å². The highest BCUT2D eigenvalue weighted by Gasteiger charge is 2.03. The van der Waals surface area contributed by atoms with Gasteiger partial charge in [-0.2, -0.15) is 0 Å². The molecule has 0 fully saturated rings. The second kappa shape index (κ2) is 6.19. The lowest BCUT2D eigenvalue weighted by molar-refractivity contribution is 0.877. The first-order chi connectivity index (χ1) is 7.24. The van der Waals surface area contributed by atoms with E-state index >= 15 is 0 Å². The molecule has 0 heterocycles. The van der Waals surface area contributed by atoms with Gasteiger partial charge in [0, 0.05) is 17.2 Å². The van der Waals surface area contributed by atoms with Crippen LogP contribution in [0.15, 0.2) is 57.5 Å². The van der Waals surface area contributed by atoms with E-state index in [1.165, 1.54) is 5.57 Å². The van der Waals surface area contributed by atoms with Gasteiger partial charge in [-0.05, 0) is 18.1 Å². The first-order valence-electron chi connectivity index (χ1n) is 4.74. The van der Waals surface area contributed by atoms with E-state index in [-0.39, 0.29) is 5.92 Å². The molecule has 2 N–H and O–H groups in total. The molecule has 3 nitrogen and oxygen atoms in total. The summed E-state index contributed by atoms with van der Waals surface area (Å²) in [5.41, 5.74) is 1.21. The van der Waals surface area contributed by atoms with Crippen LogP contribution in [0.4, 0.5) is 0 Å². The van der Waals surface area contributed by atoms with Crippen molar-refractivity contribution in [2.45, 2.75) is 13.3 Å². The zero-order valence-electron chi connectivity index (χ0n) is 8.60. The maximum atomic E-state index is 5.89. The Kier molecular flexibility index (Phi) is 4.84. The first kappa shape index (κ1) is 11.7. The maximum absolute atomic E-state index is 5.89. The Morgan fingerprint density at radius 1 is 1.47 bits per heavy atom. The molecule has 0 aromatic heterocycles. The van der Waals surface area contributed by atoms with Crippen molar-refractivity contribution in [3.63, 3.8) is 0 Å². The Balaban J connectivity index is 2.65. The number of nitrogens with zero attached hydrogens (tertiary/aromatic N) is 2. The summed E-state index contributed by atoms with van der Waals surface area (Å²) in [6.45, 7) is 2.08. The number of nitrogens with two attached hydrogens (primary N) is 1. The molecule has 1 rings (SSSR count). The molecule has 1 atom stereocenters. The van der Waals surface area contributed by atoms with Gasteiger partial charge >= 0.3 is 0 Å². The molecule has 0 aromatic rings. The van der Waals surface area contributed by atoms with Crippen LogP contribution in [0.1, 0.15) is 13.3 Å². The van der Waals surface area contributed by atoms with Crippen LogP contribution in [0.25, 0.3) is 0 Å². The van der Waals surface area contributed by atoms with Crippen LogP contribution < -0.4 is 5.84 Å². The van der Waals surface area contributed by atoms with E-state index in [9.17, 15) is 0 Å². The fourth-order valence-electron chi connectivity index (χ4n) is 1.27. The van der Waals surface area contributed by atoms with Gasteiger partial charge in [0.25, 0.3) is 0 Å². The molecule has 1 unspecified atom stereocenters. The fraction of sp³-hybridized carbons (Fsp3) is 0.273. The van der Waals surface area contributed by atoms with E-state index in [1.807, 2.05) is 24.3 Å². The summed E-state index contributed by atoms with van der Waals surface area (Å²) in [5.74, 6) is 5.17. The molecule has 0 amide bonds. The number of halogens is 1. The Morgan fingerprint density at radius 3 is 3.00 bits per heavy atom. The normalized spacial score (nSPS) is 19.1. The van der Waals surface area contributed by atoms with Crippen LogP contribution in [0.3, 0.4) is 0 Å². The van der Waals surface area contributed by atoms with Crippen molar-refractivity contribution in [2.75, 3.05) is 0 Å². The number of hydrogen-bond donors (Lipinski definition) is 1. The Bertz CT molecular complexity index is 351. The molecule has 0 saturated carbocycles. The van der Waals surface area contributed by atoms with Gasteiger partial charge in [0.1, 0.15) is 0 Å². The molecule has 15 heavy (non-hydrogen) atoms. The Morgan fingerprint density at radius 2 is 2.27 bits per heavy atom. The Labute approximate surface area is 94.7 Å². The predicted octanol–water partition coefficient (Wildman–Crippen LogP) is 3.47. The summed E-state index contributed by atoms with van der Waals surface area (Å²) in [6, 6.07) is 0. The van der Waals surface area contributed by atoms with E-state index in [0.717, 1.165) is 11.5 Å². The first-order valence-corrected chi connectivity index (χ1v) is 5.12. The molecule has 0 spiro atoms. The van der Waals surface area contributed by atoms with Crippen molar-refractivity contribution in [3.8, 4) is 0 Å². The van der Waals surface area contributed by atoms with Crippen LogP contribution >= 0.6 is 11.6 Å². The predicted molar refractivity (Wildman–Crippen MR) is 63.1 cm³/mol. The summed E-state index contributed by atoms with van der Waals surface area (Å²) < 4.78 is 0. The van der Waals surface area contributed by atoms with Crippen LogP contribution in [-0.4, -0.2) is 0 Å². The quantitative estimate of drug-likeness (QED) is 0.445. The molecule has 0 radical (unpaired) electrons. The van der Waals surface area contributed by atoms with Gasteiger partial charge < -0.3 is 5.84 Å². The van der Waals surface area contributed by atoms with Crippen LogP contribution in [0.5, 0.6) is 0 Å². The van der Waals surface area contributed by atoms with Gasteiger partial charge in [0.2, 0.25) is 0 Å². The molecular weight excluding hydrogens is 210 g/mol. The summed E-state index contributed by atoms with van der Waals surface area (Å²) in [7, 11) is 0. The van der Waals surface area contributed by atoms with Crippen molar-refractivity contribution in [2.24, 2.45) is 22.1 Å². The van der Waals surface area contributed by atoms with Gasteiger partial charge in [0.05, 0.1) is 0 Å². The fourth-order valence-corrected chi connectivity index (χ4v) is 1.43. The number of rotatable bonds is 3. The summed E-state index contributed by atoms with van der Waals surface area (Å²) in [5, 5.41) is 7.51. The number of hydrogen-bond acceptors (Lipinski definition) is 2. The van der Waals surface area contributed by atoms with E-state index in [1.54, 1.807) is 6.20 Å². The minimum atomic E-state index is 0.280. The largest absolute Gasteiger partial charge is 0.305 e. The summed E-state index contributed by atoms with van der Waals surface area (Å²) in [6.07, 6.45) is 12.4. The molecule has 1 aliphatic rings. The van der Waals surface area contributed by atoms with Gasteiger partial charge in [-0.1, -0.05) is 48.1 Å². The van der Waals surface area contributed by atoms with Crippen molar-refractivity contribution in [1.82, 2.24) is 0 Å². The zero-order chi connectivity index (χ0) is 11.1. The van der Waals surface area contributed by atoms with E-state index in [2.05, 4.69) is 23.3 Å². The minimum absolute atomic E-state index is 0.280. The third-order valence-electron chi connectivity index (χ3n) is 2.14. The average molecular weight is 224 g/mol. The second-order valence-corrected chi connectivity index (χ2v) is 3.66. The SMILES string of the molecule is CC(/C=C\N=NN)C1=CCC=C(Cl)C=C1. The third-order valence-corrected chi connectivity index (χ3v) is 2.42. The van der Waals surface area contributed by atoms with Crippen LogP contribution in [0.2, 0.25) is 0 Å². The van der Waals surface area contributed by atoms with E-state index in [4.69, 9.17) is 17.4 Å². The summed E-state index contributed by atoms with van der Waals surface area (Å²) in [4.78, 5) is 0. The maximum Gasteiger partial charge on any atom is 0.0479 e. The average Bonchev–Trinajstić information content (AvgIpc) is 2.43. The molecule has 4 heteroatoms. The lowest BCUT2D eigenvalue weighted by Crippen LogP contribution is -1.92. The second-order valence-electron chi connectivity index (χ2n) is 3.22. The molecule has 0 aliphatic heterocycles. The highest BCUT2D eigenvalue weighted by atomic mass is 35.5. The van der Waals surface area contributed by atoms with E-state index in [0.29, 0.717) is 0 Å². The van der Waals surface area contributed by atoms with Gasteiger partial charge in [-0.25, -0.2) is 0 Å². The molecular formula is C11H14ClN3. The number of allylic oxidation sites excluding steroid dienone is 7. The van der Waals surface area contributed by atoms with Crippen LogP contribution in [-0.2, 0) is 0 Å². The highest BCUT2D eigenvalue weighted by Crippen LogP contribution is 2.20. The van der Waals surface area contributed by atoms with Crippen molar-refractivity contribution in [1.29, 1.82) is 0 Å². The lowest BCUT2D eigenvalue weighted by Gasteiger charge is -2.05. The smallest absolute Gasteiger partial charge is 0.0479 e. The minimum Gasteiger partial charge on any atom is -0.305 e. The third kappa shape index (κ3) is 4.13. The lowest BCUT2D eigenvalue weighted by atomic mass is 10.0. The zero-order valence-corrected chi connectivity index (χ0v) is 9.35. The molecule has 0 aromatic carbocycles. The monoisotopic (exact) mass is 223 g/mol. The van der Waals surface area contributed by atoms with Crippen molar-refractivity contribution >= 4 is 11.6 Å².